The molecule has 0 saturated heterocycles. The standard InChI is InChI=1S/C13H20BrFN2O2S/c1-4-9(3)17-20(18,19)12-7-11(14)6-10(13(12)15)8-16-5-2/h6-7,9,16-17H,4-5,8H2,1-3H3. The van der Waals surface area contributed by atoms with E-state index in [4.69, 9.17) is 0 Å². The SMILES string of the molecule is CCNCc1cc(Br)cc(S(=O)(=O)NC(C)CC)c1F. The summed E-state index contributed by atoms with van der Waals surface area (Å²) in [4.78, 5) is -0.319. The summed E-state index contributed by atoms with van der Waals surface area (Å²) in [6.45, 7) is 6.47. The Morgan fingerprint density at radius 1 is 1.35 bits per heavy atom. The van der Waals surface area contributed by atoms with Crippen molar-refractivity contribution in [1.29, 1.82) is 0 Å². The maximum absolute atomic E-state index is 14.3. The third-order valence-corrected chi connectivity index (χ3v) is 4.95. The Hall–Kier alpha value is -0.500. The van der Waals surface area contributed by atoms with Gasteiger partial charge in [-0.1, -0.05) is 29.8 Å². The van der Waals surface area contributed by atoms with Gasteiger partial charge >= 0.3 is 0 Å². The fourth-order valence-electron chi connectivity index (χ4n) is 1.61. The quantitative estimate of drug-likeness (QED) is 0.779. The maximum atomic E-state index is 14.3. The zero-order chi connectivity index (χ0) is 15.3. The van der Waals surface area contributed by atoms with E-state index in [2.05, 4.69) is 26.0 Å². The van der Waals surface area contributed by atoms with Crippen LogP contribution in [0.25, 0.3) is 0 Å². The number of rotatable bonds is 7. The van der Waals surface area contributed by atoms with E-state index >= 15 is 0 Å². The molecule has 1 aromatic rings. The normalized spacial score (nSPS) is 13.4. The van der Waals surface area contributed by atoms with E-state index in [1.54, 1.807) is 13.0 Å². The van der Waals surface area contributed by atoms with Gasteiger partial charge in [-0.2, -0.15) is 0 Å². The molecule has 0 aliphatic rings. The number of benzene rings is 1. The summed E-state index contributed by atoms with van der Waals surface area (Å²) in [5, 5.41) is 2.99. The lowest BCUT2D eigenvalue weighted by Gasteiger charge is -2.15. The summed E-state index contributed by atoms with van der Waals surface area (Å²) in [6.07, 6.45) is 0.638. The van der Waals surface area contributed by atoms with Crippen LogP contribution in [0.1, 0.15) is 32.8 Å². The van der Waals surface area contributed by atoms with Gasteiger partial charge in [0.1, 0.15) is 10.7 Å². The highest BCUT2D eigenvalue weighted by Gasteiger charge is 2.23. The van der Waals surface area contributed by atoms with E-state index in [0.29, 0.717) is 23.0 Å². The fraction of sp³-hybridized carbons (Fsp3) is 0.538. The van der Waals surface area contributed by atoms with Crippen molar-refractivity contribution < 1.29 is 12.8 Å². The monoisotopic (exact) mass is 366 g/mol. The Morgan fingerprint density at radius 3 is 2.55 bits per heavy atom. The first kappa shape index (κ1) is 17.6. The lowest BCUT2D eigenvalue weighted by Crippen LogP contribution is -2.32. The Kier molecular flexibility index (Phi) is 6.57. The molecule has 0 radical (unpaired) electrons. The molecule has 114 valence electrons. The van der Waals surface area contributed by atoms with Crippen LogP contribution in [0.5, 0.6) is 0 Å². The molecular formula is C13H20BrFN2O2S. The molecule has 20 heavy (non-hydrogen) atoms. The second-order valence-electron chi connectivity index (χ2n) is 4.59. The molecule has 2 N–H and O–H groups in total. The van der Waals surface area contributed by atoms with Crippen LogP contribution in [0.2, 0.25) is 0 Å². The van der Waals surface area contributed by atoms with Gasteiger partial charge in [0.05, 0.1) is 0 Å². The van der Waals surface area contributed by atoms with Crippen molar-refractivity contribution >= 4 is 26.0 Å². The molecule has 0 spiro atoms. The third-order valence-electron chi connectivity index (χ3n) is 2.90. The number of hydrogen-bond donors (Lipinski definition) is 2. The van der Waals surface area contributed by atoms with Gasteiger partial charge in [0.2, 0.25) is 10.0 Å². The predicted molar refractivity (Wildman–Crippen MR) is 81.6 cm³/mol. The number of halogens is 2. The number of hydrogen-bond acceptors (Lipinski definition) is 3. The summed E-state index contributed by atoms with van der Waals surface area (Å²) in [5.74, 6) is -0.704. The average Bonchev–Trinajstić information content (AvgIpc) is 2.38. The molecule has 7 heteroatoms. The van der Waals surface area contributed by atoms with Crippen molar-refractivity contribution in [3.63, 3.8) is 0 Å². The van der Waals surface area contributed by atoms with E-state index < -0.39 is 15.8 Å². The molecule has 1 aromatic carbocycles. The molecule has 0 heterocycles. The maximum Gasteiger partial charge on any atom is 0.243 e. The summed E-state index contributed by atoms with van der Waals surface area (Å²) in [7, 11) is -3.86. The van der Waals surface area contributed by atoms with E-state index in [0.717, 1.165) is 0 Å². The minimum Gasteiger partial charge on any atom is -0.313 e. The summed E-state index contributed by atoms with van der Waals surface area (Å²) >= 11 is 3.23. The Bertz CT molecular complexity index is 564. The Balaban J connectivity index is 3.20. The van der Waals surface area contributed by atoms with Crippen LogP contribution in [-0.2, 0) is 16.6 Å². The van der Waals surface area contributed by atoms with Gasteiger partial charge in [-0.15, -0.1) is 0 Å². The lowest BCUT2D eigenvalue weighted by molar-refractivity contribution is 0.531. The molecule has 0 bridgehead atoms. The Labute approximate surface area is 128 Å². The van der Waals surface area contributed by atoms with E-state index in [9.17, 15) is 12.8 Å². The van der Waals surface area contributed by atoms with Gasteiger partial charge in [-0.05, 0) is 32.0 Å². The first-order valence-electron chi connectivity index (χ1n) is 6.52. The van der Waals surface area contributed by atoms with E-state index in [-0.39, 0.29) is 17.5 Å². The van der Waals surface area contributed by atoms with Crippen LogP contribution in [0.3, 0.4) is 0 Å². The molecule has 1 unspecified atom stereocenters. The molecule has 4 nitrogen and oxygen atoms in total. The van der Waals surface area contributed by atoms with Crippen molar-refractivity contribution in [2.24, 2.45) is 0 Å². The third kappa shape index (κ3) is 4.51. The fourth-order valence-corrected chi connectivity index (χ4v) is 3.74. The molecule has 0 aliphatic heterocycles. The largest absolute Gasteiger partial charge is 0.313 e. The minimum absolute atomic E-state index is 0.240. The van der Waals surface area contributed by atoms with Crippen molar-refractivity contribution in [1.82, 2.24) is 10.0 Å². The molecular weight excluding hydrogens is 347 g/mol. The summed E-state index contributed by atoms with van der Waals surface area (Å²) in [5.41, 5.74) is 0.325. The van der Waals surface area contributed by atoms with Crippen LogP contribution in [-0.4, -0.2) is 21.0 Å². The number of sulfonamides is 1. The van der Waals surface area contributed by atoms with Crippen LogP contribution in [0, 0.1) is 5.82 Å². The van der Waals surface area contributed by atoms with Crippen LogP contribution >= 0.6 is 15.9 Å². The van der Waals surface area contributed by atoms with Gasteiger partial charge in [0, 0.05) is 22.6 Å². The van der Waals surface area contributed by atoms with Gasteiger partial charge in [-0.3, -0.25) is 0 Å². The summed E-state index contributed by atoms with van der Waals surface area (Å²) < 4.78 is 41.8. The van der Waals surface area contributed by atoms with E-state index in [1.807, 2.05) is 13.8 Å². The van der Waals surface area contributed by atoms with Crippen molar-refractivity contribution in [3.8, 4) is 0 Å². The molecule has 0 fully saturated rings. The molecule has 0 aliphatic carbocycles. The van der Waals surface area contributed by atoms with Gasteiger partial charge < -0.3 is 5.32 Å². The average molecular weight is 367 g/mol. The van der Waals surface area contributed by atoms with Crippen molar-refractivity contribution in [2.45, 2.75) is 44.7 Å². The van der Waals surface area contributed by atoms with Crippen LogP contribution < -0.4 is 10.0 Å². The van der Waals surface area contributed by atoms with Crippen molar-refractivity contribution in [3.05, 3.63) is 28.0 Å². The molecule has 0 saturated carbocycles. The minimum atomic E-state index is -3.86. The van der Waals surface area contributed by atoms with Crippen LogP contribution in [0.4, 0.5) is 4.39 Å². The highest BCUT2D eigenvalue weighted by molar-refractivity contribution is 9.10. The second kappa shape index (κ2) is 7.49. The first-order valence-corrected chi connectivity index (χ1v) is 8.80. The van der Waals surface area contributed by atoms with Crippen molar-refractivity contribution in [2.75, 3.05) is 6.54 Å². The smallest absolute Gasteiger partial charge is 0.243 e. The predicted octanol–water partition coefficient (Wildman–Crippen LogP) is 2.77. The molecule has 0 amide bonds. The molecule has 1 rings (SSSR count). The molecule has 0 aromatic heterocycles. The van der Waals surface area contributed by atoms with Gasteiger partial charge in [0.15, 0.2) is 0 Å². The topological polar surface area (TPSA) is 58.2 Å². The highest BCUT2D eigenvalue weighted by Crippen LogP contribution is 2.24. The van der Waals surface area contributed by atoms with Crippen LogP contribution in [0.15, 0.2) is 21.5 Å². The second-order valence-corrected chi connectivity index (χ2v) is 7.19. The zero-order valence-electron chi connectivity index (χ0n) is 11.8. The Morgan fingerprint density at radius 2 is 2.00 bits per heavy atom. The lowest BCUT2D eigenvalue weighted by atomic mass is 10.2. The van der Waals surface area contributed by atoms with Gasteiger partial charge in [-0.25, -0.2) is 17.5 Å². The van der Waals surface area contributed by atoms with Gasteiger partial charge in [0.25, 0.3) is 0 Å². The zero-order valence-corrected chi connectivity index (χ0v) is 14.2. The highest BCUT2D eigenvalue weighted by atomic mass is 79.9. The van der Waals surface area contributed by atoms with E-state index in [1.165, 1.54) is 6.07 Å². The molecule has 1 atom stereocenters. The number of nitrogens with one attached hydrogen (secondary N) is 2. The first-order chi connectivity index (χ1) is 9.31. The summed E-state index contributed by atoms with van der Waals surface area (Å²) in [6, 6.07) is 2.63.